The van der Waals surface area contributed by atoms with Gasteiger partial charge in [-0.25, -0.2) is 4.99 Å². The third-order valence-electron chi connectivity index (χ3n) is 2.23. The van der Waals surface area contributed by atoms with Crippen LogP contribution in [-0.4, -0.2) is 12.1 Å². The SMILES string of the molecule is O=C1N=CCC12C=CC=CC2. The van der Waals surface area contributed by atoms with E-state index in [4.69, 9.17) is 0 Å². The van der Waals surface area contributed by atoms with Crippen LogP contribution in [0.3, 0.4) is 0 Å². The number of carbonyl (C=O) groups excluding carboxylic acids is 1. The minimum Gasteiger partial charge on any atom is -0.272 e. The van der Waals surface area contributed by atoms with Gasteiger partial charge in [-0.3, -0.25) is 4.79 Å². The smallest absolute Gasteiger partial charge is 0.256 e. The van der Waals surface area contributed by atoms with E-state index in [1.807, 2.05) is 24.3 Å². The Bertz CT molecular complexity index is 275. The van der Waals surface area contributed by atoms with Gasteiger partial charge in [-0.2, -0.15) is 0 Å². The summed E-state index contributed by atoms with van der Waals surface area (Å²) in [6, 6.07) is 0. The lowest BCUT2D eigenvalue weighted by molar-refractivity contribution is -0.123. The van der Waals surface area contributed by atoms with Gasteiger partial charge in [-0.05, 0) is 6.42 Å². The van der Waals surface area contributed by atoms with E-state index < -0.39 is 0 Å². The maximum absolute atomic E-state index is 11.3. The van der Waals surface area contributed by atoms with Gasteiger partial charge >= 0.3 is 0 Å². The number of nitrogens with zero attached hydrogens (tertiary/aromatic N) is 1. The minimum atomic E-state index is -0.297. The molecule has 0 radical (unpaired) electrons. The van der Waals surface area contributed by atoms with Crippen molar-refractivity contribution in [1.29, 1.82) is 0 Å². The quantitative estimate of drug-likeness (QED) is 0.510. The van der Waals surface area contributed by atoms with Crippen LogP contribution in [0.25, 0.3) is 0 Å². The Hall–Kier alpha value is -1.18. The third kappa shape index (κ3) is 0.862. The van der Waals surface area contributed by atoms with Crippen molar-refractivity contribution in [2.24, 2.45) is 10.4 Å². The van der Waals surface area contributed by atoms with Crippen LogP contribution in [0, 0.1) is 5.41 Å². The normalized spacial score (nSPS) is 34.0. The molecule has 11 heavy (non-hydrogen) atoms. The maximum atomic E-state index is 11.3. The highest BCUT2D eigenvalue weighted by atomic mass is 16.1. The molecule has 1 unspecified atom stereocenters. The van der Waals surface area contributed by atoms with Crippen LogP contribution in [0.15, 0.2) is 29.3 Å². The van der Waals surface area contributed by atoms with Crippen LogP contribution >= 0.6 is 0 Å². The Kier molecular flexibility index (Phi) is 1.28. The van der Waals surface area contributed by atoms with Crippen molar-refractivity contribution in [3.63, 3.8) is 0 Å². The molecule has 1 heterocycles. The summed E-state index contributed by atoms with van der Waals surface area (Å²) < 4.78 is 0. The first-order valence-electron chi connectivity index (χ1n) is 3.75. The van der Waals surface area contributed by atoms with E-state index in [1.165, 1.54) is 0 Å². The molecule has 0 aromatic rings. The molecule has 0 saturated carbocycles. The van der Waals surface area contributed by atoms with Crippen molar-refractivity contribution in [3.05, 3.63) is 24.3 Å². The summed E-state index contributed by atoms with van der Waals surface area (Å²) in [5.74, 6) is 0.0121. The average molecular weight is 147 g/mol. The van der Waals surface area contributed by atoms with Crippen molar-refractivity contribution >= 4 is 12.1 Å². The fourth-order valence-electron chi connectivity index (χ4n) is 1.48. The van der Waals surface area contributed by atoms with Gasteiger partial charge in [-0.15, -0.1) is 0 Å². The van der Waals surface area contributed by atoms with E-state index in [1.54, 1.807) is 6.21 Å². The Labute approximate surface area is 65.3 Å². The summed E-state index contributed by atoms with van der Waals surface area (Å²) in [5, 5.41) is 0. The number of aliphatic imine (C=N–C) groups is 1. The Balaban J connectivity index is 2.31. The van der Waals surface area contributed by atoms with Gasteiger partial charge < -0.3 is 0 Å². The molecule has 0 aromatic carbocycles. The van der Waals surface area contributed by atoms with Gasteiger partial charge in [-0.1, -0.05) is 24.3 Å². The molecule has 0 fully saturated rings. The summed E-state index contributed by atoms with van der Waals surface area (Å²) in [6.45, 7) is 0. The van der Waals surface area contributed by atoms with Crippen LogP contribution in [0.4, 0.5) is 0 Å². The molecule has 2 aliphatic rings. The van der Waals surface area contributed by atoms with Crippen LogP contribution in [0.5, 0.6) is 0 Å². The Morgan fingerprint density at radius 1 is 1.36 bits per heavy atom. The second kappa shape index (κ2) is 2.16. The molecular weight excluding hydrogens is 138 g/mol. The van der Waals surface area contributed by atoms with Crippen LogP contribution in [-0.2, 0) is 4.79 Å². The standard InChI is InChI=1S/C9H9NO/c11-8-9(6-7-10-8)4-2-1-3-5-9/h1-4,7H,5-6H2. The molecule has 1 spiro atoms. The molecule has 2 rings (SSSR count). The first-order valence-corrected chi connectivity index (χ1v) is 3.75. The van der Waals surface area contributed by atoms with E-state index in [9.17, 15) is 4.79 Å². The first-order chi connectivity index (χ1) is 5.33. The number of rotatable bonds is 0. The molecule has 0 aromatic heterocycles. The monoisotopic (exact) mass is 147 g/mol. The first kappa shape index (κ1) is 6.53. The van der Waals surface area contributed by atoms with Crippen LogP contribution in [0.2, 0.25) is 0 Å². The molecule has 0 N–H and O–H groups in total. The number of allylic oxidation sites excluding steroid dienone is 3. The van der Waals surface area contributed by atoms with Crippen LogP contribution in [0.1, 0.15) is 12.8 Å². The molecular formula is C9H9NO. The van der Waals surface area contributed by atoms with Gasteiger partial charge in [0.1, 0.15) is 0 Å². The predicted octanol–water partition coefficient (Wildman–Crippen LogP) is 1.49. The topological polar surface area (TPSA) is 29.4 Å². The third-order valence-corrected chi connectivity index (χ3v) is 2.23. The maximum Gasteiger partial charge on any atom is 0.256 e. The van der Waals surface area contributed by atoms with Gasteiger partial charge in [0.15, 0.2) is 0 Å². The van der Waals surface area contributed by atoms with E-state index >= 15 is 0 Å². The molecule has 1 atom stereocenters. The van der Waals surface area contributed by atoms with Crippen molar-refractivity contribution in [3.8, 4) is 0 Å². The molecule has 0 bridgehead atoms. The highest BCUT2D eigenvalue weighted by Crippen LogP contribution is 2.35. The molecule has 2 nitrogen and oxygen atoms in total. The Morgan fingerprint density at radius 2 is 2.27 bits per heavy atom. The summed E-state index contributed by atoms with van der Waals surface area (Å²) in [7, 11) is 0. The van der Waals surface area contributed by atoms with Crippen LogP contribution < -0.4 is 0 Å². The highest BCUT2D eigenvalue weighted by Gasteiger charge is 2.37. The Morgan fingerprint density at radius 3 is 2.82 bits per heavy atom. The number of amides is 1. The summed E-state index contributed by atoms with van der Waals surface area (Å²) in [6.07, 6.45) is 11.2. The fourth-order valence-corrected chi connectivity index (χ4v) is 1.48. The molecule has 2 heteroatoms. The predicted molar refractivity (Wildman–Crippen MR) is 43.4 cm³/mol. The van der Waals surface area contributed by atoms with Gasteiger partial charge in [0.05, 0.1) is 5.41 Å². The lowest BCUT2D eigenvalue weighted by Gasteiger charge is -2.21. The summed E-state index contributed by atoms with van der Waals surface area (Å²) in [4.78, 5) is 15.0. The van der Waals surface area contributed by atoms with E-state index in [2.05, 4.69) is 4.99 Å². The zero-order valence-electron chi connectivity index (χ0n) is 6.16. The number of hydrogen-bond donors (Lipinski definition) is 0. The largest absolute Gasteiger partial charge is 0.272 e. The second-order valence-electron chi connectivity index (χ2n) is 2.97. The average Bonchev–Trinajstić information content (AvgIpc) is 2.36. The number of hydrogen-bond acceptors (Lipinski definition) is 1. The molecule has 1 aliphatic heterocycles. The molecule has 0 saturated heterocycles. The lowest BCUT2D eigenvalue weighted by atomic mass is 9.80. The fraction of sp³-hybridized carbons (Fsp3) is 0.333. The second-order valence-corrected chi connectivity index (χ2v) is 2.97. The molecule has 1 aliphatic carbocycles. The zero-order valence-corrected chi connectivity index (χ0v) is 6.16. The summed E-state index contributed by atoms with van der Waals surface area (Å²) in [5.41, 5.74) is -0.297. The lowest BCUT2D eigenvalue weighted by Crippen LogP contribution is -2.23. The van der Waals surface area contributed by atoms with Crippen molar-refractivity contribution in [2.45, 2.75) is 12.8 Å². The number of carbonyl (C=O) groups is 1. The zero-order chi connectivity index (χ0) is 7.73. The van der Waals surface area contributed by atoms with E-state index in [0.29, 0.717) is 0 Å². The van der Waals surface area contributed by atoms with Gasteiger partial charge in [0.25, 0.3) is 5.91 Å². The van der Waals surface area contributed by atoms with Gasteiger partial charge in [0, 0.05) is 12.6 Å². The van der Waals surface area contributed by atoms with Crippen molar-refractivity contribution in [1.82, 2.24) is 0 Å². The van der Waals surface area contributed by atoms with Crippen molar-refractivity contribution < 1.29 is 4.79 Å². The van der Waals surface area contributed by atoms with Gasteiger partial charge in [0.2, 0.25) is 0 Å². The van der Waals surface area contributed by atoms with E-state index in [0.717, 1.165) is 12.8 Å². The molecule has 56 valence electrons. The molecule has 1 amide bonds. The van der Waals surface area contributed by atoms with Crippen molar-refractivity contribution in [2.75, 3.05) is 0 Å². The minimum absolute atomic E-state index is 0.0121. The highest BCUT2D eigenvalue weighted by molar-refractivity contribution is 5.98. The van der Waals surface area contributed by atoms with E-state index in [-0.39, 0.29) is 11.3 Å². The summed E-state index contributed by atoms with van der Waals surface area (Å²) >= 11 is 0.